The zero-order valence-corrected chi connectivity index (χ0v) is 10.5. The summed E-state index contributed by atoms with van der Waals surface area (Å²) in [5.41, 5.74) is 1.12. The van der Waals surface area contributed by atoms with Gasteiger partial charge in [0.05, 0.1) is 6.61 Å². The standard InChI is InChI=1S/C16H18O2/c17-16(12-8-10-7-11(10)9-12)14-5-6-18-15-4-2-1-3-13(14)15/h1-4,10-12,14H,5-9H2. The van der Waals surface area contributed by atoms with Crippen molar-refractivity contribution in [2.45, 2.75) is 31.6 Å². The van der Waals surface area contributed by atoms with Crippen molar-refractivity contribution in [3.63, 3.8) is 0 Å². The van der Waals surface area contributed by atoms with E-state index in [9.17, 15) is 4.79 Å². The van der Waals surface area contributed by atoms with E-state index < -0.39 is 0 Å². The molecule has 2 saturated carbocycles. The third kappa shape index (κ3) is 1.58. The predicted octanol–water partition coefficient (Wildman–Crippen LogP) is 3.17. The molecule has 1 aromatic rings. The Balaban J connectivity index is 1.59. The molecule has 1 heterocycles. The van der Waals surface area contributed by atoms with E-state index in [1.54, 1.807) is 0 Å². The molecule has 2 aliphatic carbocycles. The van der Waals surface area contributed by atoms with Crippen molar-refractivity contribution in [2.75, 3.05) is 6.61 Å². The Morgan fingerprint density at radius 3 is 2.72 bits per heavy atom. The second kappa shape index (κ2) is 3.84. The summed E-state index contributed by atoms with van der Waals surface area (Å²) in [6.45, 7) is 0.687. The lowest BCUT2D eigenvalue weighted by molar-refractivity contribution is -0.125. The first-order chi connectivity index (χ1) is 8.83. The topological polar surface area (TPSA) is 26.3 Å². The van der Waals surface area contributed by atoms with Gasteiger partial charge in [0.25, 0.3) is 0 Å². The summed E-state index contributed by atoms with van der Waals surface area (Å²) in [5, 5.41) is 0. The van der Waals surface area contributed by atoms with E-state index >= 15 is 0 Å². The van der Waals surface area contributed by atoms with Crippen molar-refractivity contribution >= 4 is 5.78 Å². The van der Waals surface area contributed by atoms with Gasteiger partial charge in [-0.2, -0.15) is 0 Å². The van der Waals surface area contributed by atoms with E-state index in [4.69, 9.17) is 4.74 Å². The molecule has 0 N–H and O–H groups in total. The number of carbonyl (C=O) groups excluding carboxylic acids is 1. The Labute approximate surface area is 107 Å². The summed E-state index contributed by atoms with van der Waals surface area (Å²) in [6, 6.07) is 8.05. The van der Waals surface area contributed by atoms with Gasteiger partial charge in [0.15, 0.2) is 0 Å². The fourth-order valence-electron chi connectivity index (χ4n) is 3.87. The van der Waals surface area contributed by atoms with Crippen LogP contribution >= 0.6 is 0 Å². The molecule has 1 aliphatic heterocycles. The molecule has 0 bridgehead atoms. The van der Waals surface area contributed by atoms with Crippen LogP contribution in [0.15, 0.2) is 24.3 Å². The maximum Gasteiger partial charge on any atom is 0.143 e. The van der Waals surface area contributed by atoms with Crippen molar-refractivity contribution in [3.8, 4) is 5.75 Å². The van der Waals surface area contributed by atoms with Crippen LogP contribution in [-0.2, 0) is 4.79 Å². The molecular weight excluding hydrogens is 224 g/mol. The van der Waals surface area contributed by atoms with Crippen LogP contribution in [0.2, 0.25) is 0 Å². The Bertz CT molecular complexity index is 484. The van der Waals surface area contributed by atoms with Crippen LogP contribution in [0.25, 0.3) is 0 Å². The molecule has 18 heavy (non-hydrogen) atoms. The van der Waals surface area contributed by atoms with E-state index in [0.29, 0.717) is 18.3 Å². The van der Waals surface area contributed by atoms with Crippen molar-refractivity contribution < 1.29 is 9.53 Å². The Hall–Kier alpha value is -1.31. The maximum atomic E-state index is 12.7. The Morgan fingerprint density at radius 2 is 1.89 bits per heavy atom. The maximum absolute atomic E-state index is 12.7. The number of hydrogen-bond donors (Lipinski definition) is 0. The summed E-state index contributed by atoms with van der Waals surface area (Å²) in [6.07, 6.45) is 4.56. The molecule has 0 saturated heterocycles. The van der Waals surface area contributed by atoms with Gasteiger partial charge in [-0.05, 0) is 43.6 Å². The van der Waals surface area contributed by atoms with Crippen LogP contribution in [0, 0.1) is 17.8 Å². The second-order valence-electron chi connectivity index (χ2n) is 6.05. The molecule has 1 aromatic carbocycles. The molecule has 94 valence electrons. The number of carbonyl (C=O) groups is 1. The highest BCUT2D eigenvalue weighted by Gasteiger charge is 2.49. The van der Waals surface area contributed by atoms with E-state index in [1.165, 1.54) is 6.42 Å². The van der Waals surface area contributed by atoms with Gasteiger partial charge in [-0.25, -0.2) is 0 Å². The lowest BCUT2D eigenvalue weighted by atomic mass is 9.82. The summed E-state index contributed by atoms with van der Waals surface area (Å²) in [4.78, 5) is 12.7. The summed E-state index contributed by atoms with van der Waals surface area (Å²) >= 11 is 0. The zero-order chi connectivity index (χ0) is 12.1. The smallest absolute Gasteiger partial charge is 0.143 e. The fourth-order valence-corrected chi connectivity index (χ4v) is 3.87. The second-order valence-corrected chi connectivity index (χ2v) is 6.05. The van der Waals surface area contributed by atoms with Crippen molar-refractivity contribution in [3.05, 3.63) is 29.8 Å². The monoisotopic (exact) mass is 242 g/mol. The molecule has 2 nitrogen and oxygen atoms in total. The minimum absolute atomic E-state index is 0.0949. The number of para-hydroxylation sites is 1. The van der Waals surface area contributed by atoms with Gasteiger partial charge in [0, 0.05) is 17.4 Å². The van der Waals surface area contributed by atoms with E-state index in [-0.39, 0.29) is 5.92 Å². The van der Waals surface area contributed by atoms with Gasteiger partial charge in [-0.3, -0.25) is 4.79 Å². The SMILES string of the molecule is O=C(C1CC2CC2C1)C1CCOc2ccccc21. The highest BCUT2D eigenvalue weighted by molar-refractivity contribution is 5.89. The summed E-state index contributed by atoms with van der Waals surface area (Å²) < 4.78 is 5.64. The third-order valence-electron chi connectivity index (χ3n) is 4.95. The highest BCUT2D eigenvalue weighted by Crippen LogP contribution is 2.55. The van der Waals surface area contributed by atoms with E-state index in [2.05, 4.69) is 6.07 Å². The lowest BCUT2D eigenvalue weighted by Gasteiger charge is -2.27. The molecule has 2 heteroatoms. The minimum atomic E-state index is 0.0949. The lowest BCUT2D eigenvalue weighted by Crippen LogP contribution is -2.26. The first kappa shape index (κ1) is 10.6. The predicted molar refractivity (Wildman–Crippen MR) is 68.6 cm³/mol. The molecule has 4 rings (SSSR count). The van der Waals surface area contributed by atoms with Crippen LogP contribution < -0.4 is 4.74 Å². The normalized spacial score (nSPS) is 36.4. The Morgan fingerprint density at radius 1 is 1.11 bits per heavy atom. The van der Waals surface area contributed by atoms with E-state index in [1.807, 2.05) is 18.2 Å². The van der Waals surface area contributed by atoms with Crippen LogP contribution in [0.1, 0.15) is 37.2 Å². The molecule has 3 atom stereocenters. The van der Waals surface area contributed by atoms with Gasteiger partial charge in [0.1, 0.15) is 11.5 Å². The third-order valence-corrected chi connectivity index (χ3v) is 4.95. The highest BCUT2D eigenvalue weighted by atomic mass is 16.5. The van der Waals surface area contributed by atoms with Gasteiger partial charge in [-0.1, -0.05) is 18.2 Å². The molecule has 0 amide bonds. The average molecular weight is 242 g/mol. The Kier molecular flexibility index (Phi) is 2.26. The quantitative estimate of drug-likeness (QED) is 0.796. The molecule has 3 aliphatic rings. The number of benzene rings is 1. The van der Waals surface area contributed by atoms with Gasteiger partial charge < -0.3 is 4.74 Å². The number of fused-ring (bicyclic) bond motifs is 2. The van der Waals surface area contributed by atoms with Crippen LogP contribution in [0.5, 0.6) is 5.75 Å². The number of hydrogen-bond acceptors (Lipinski definition) is 2. The number of rotatable bonds is 2. The molecule has 3 unspecified atom stereocenters. The molecule has 0 aromatic heterocycles. The fraction of sp³-hybridized carbons (Fsp3) is 0.562. The van der Waals surface area contributed by atoms with Gasteiger partial charge >= 0.3 is 0 Å². The average Bonchev–Trinajstić information content (AvgIpc) is 3.04. The molecule has 0 spiro atoms. The largest absolute Gasteiger partial charge is 0.493 e. The minimum Gasteiger partial charge on any atom is -0.493 e. The number of ketones is 1. The first-order valence-corrected chi connectivity index (χ1v) is 7.08. The van der Waals surface area contributed by atoms with Gasteiger partial charge in [0.2, 0.25) is 0 Å². The first-order valence-electron chi connectivity index (χ1n) is 7.08. The van der Waals surface area contributed by atoms with E-state index in [0.717, 1.165) is 42.4 Å². The molecule has 0 radical (unpaired) electrons. The molecule has 2 fully saturated rings. The van der Waals surface area contributed by atoms with Crippen LogP contribution in [0.3, 0.4) is 0 Å². The number of Topliss-reactive ketones (excluding diaryl/α,β-unsaturated/α-hetero) is 1. The summed E-state index contributed by atoms with van der Waals surface area (Å²) in [7, 11) is 0. The van der Waals surface area contributed by atoms with Crippen LogP contribution in [0.4, 0.5) is 0 Å². The van der Waals surface area contributed by atoms with Crippen molar-refractivity contribution in [1.29, 1.82) is 0 Å². The summed E-state index contributed by atoms with van der Waals surface area (Å²) in [5.74, 6) is 3.61. The zero-order valence-electron chi connectivity index (χ0n) is 10.5. The van der Waals surface area contributed by atoms with Crippen LogP contribution in [-0.4, -0.2) is 12.4 Å². The van der Waals surface area contributed by atoms with Crippen molar-refractivity contribution in [2.24, 2.45) is 17.8 Å². The molecular formula is C16H18O2. The number of ether oxygens (including phenoxy) is 1. The van der Waals surface area contributed by atoms with Gasteiger partial charge in [-0.15, -0.1) is 0 Å². The van der Waals surface area contributed by atoms with Crippen molar-refractivity contribution in [1.82, 2.24) is 0 Å².